The van der Waals surface area contributed by atoms with E-state index in [0.29, 0.717) is 0 Å². The van der Waals surface area contributed by atoms with E-state index < -0.39 is 10.2 Å². The average molecular weight is 704 g/mol. The van der Waals surface area contributed by atoms with Crippen LogP contribution in [0.3, 0.4) is 0 Å². The van der Waals surface area contributed by atoms with Crippen LogP contribution in [0.25, 0.3) is 5.57 Å². The maximum Gasteiger partial charge on any atom is 0.105 e. The minimum absolute atomic E-state index is 0.389. The van der Waals surface area contributed by atoms with E-state index in [4.69, 9.17) is 9.98 Å². The molecule has 0 N–H and O–H groups in total. The molecule has 0 saturated heterocycles. The Kier molecular flexibility index (Phi) is 6.31. The quantitative estimate of drug-likeness (QED) is 0.184. The van der Waals surface area contributed by atoms with E-state index in [1.165, 1.54) is 44.8 Å². The lowest BCUT2D eigenvalue weighted by molar-refractivity contribution is 0.578. The first-order valence-electron chi connectivity index (χ1n) is 17.8. The third kappa shape index (κ3) is 3.75. The van der Waals surface area contributed by atoms with Crippen molar-refractivity contribution in [3.63, 3.8) is 0 Å². The van der Waals surface area contributed by atoms with Gasteiger partial charge in [0.25, 0.3) is 0 Å². The van der Waals surface area contributed by atoms with Crippen LogP contribution in [0.2, 0.25) is 0 Å². The van der Waals surface area contributed by atoms with Crippen LogP contribution < -0.4 is 4.90 Å². The number of hydrogen-bond acceptors (Lipinski definition) is 5. The summed E-state index contributed by atoms with van der Waals surface area (Å²) >= 11 is 3.82. The van der Waals surface area contributed by atoms with Gasteiger partial charge in [-0.2, -0.15) is 0 Å². The number of anilines is 3. The Morgan fingerprint density at radius 1 is 0.462 bits per heavy atom. The minimum atomic E-state index is -0.624. The van der Waals surface area contributed by atoms with Gasteiger partial charge in [-0.15, -0.1) is 0 Å². The molecule has 0 unspecified atom stereocenters. The SMILES string of the molecule is C[C@]12SC(c3ccccc3)=NC1=C1C(=C3N=C(c4ccccc4)S[C@@]32C)C2(c3ccccc31)c1ccccc1N(c1ccccc1)c1ccccc12. The van der Waals surface area contributed by atoms with Gasteiger partial charge in [-0.1, -0.05) is 163 Å². The van der Waals surface area contributed by atoms with Crippen LogP contribution >= 0.6 is 23.5 Å². The first-order valence-corrected chi connectivity index (χ1v) is 19.5. The van der Waals surface area contributed by atoms with Crippen molar-refractivity contribution in [1.29, 1.82) is 0 Å². The molecular formula is C47H33N3S2. The fourth-order valence-corrected chi connectivity index (χ4v) is 12.2. The lowest BCUT2D eigenvalue weighted by Gasteiger charge is -2.49. The van der Waals surface area contributed by atoms with Crippen LogP contribution in [-0.2, 0) is 5.41 Å². The molecule has 3 aliphatic heterocycles. The van der Waals surface area contributed by atoms with Crippen LogP contribution in [0.15, 0.2) is 191 Å². The van der Waals surface area contributed by atoms with Gasteiger partial charge in [0.05, 0.1) is 37.7 Å². The van der Waals surface area contributed by atoms with Gasteiger partial charge in [0, 0.05) is 28.0 Å². The molecule has 0 amide bonds. The molecule has 5 heteroatoms. The van der Waals surface area contributed by atoms with Crippen LogP contribution in [0.5, 0.6) is 0 Å². The van der Waals surface area contributed by atoms with Gasteiger partial charge in [-0.25, -0.2) is 9.98 Å². The van der Waals surface area contributed by atoms with E-state index in [9.17, 15) is 0 Å². The van der Waals surface area contributed by atoms with Gasteiger partial charge in [-0.3, -0.25) is 0 Å². The third-order valence-electron chi connectivity index (χ3n) is 11.7. The molecule has 52 heavy (non-hydrogen) atoms. The second-order valence-electron chi connectivity index (χ2n) is 14.3. The third-order valence-corrected chi connectivity index (χ3v) is 14.9. The molecule has 6 aromatic carbocycles. The van der Waals surface area contributed by atoms with Crippen LogP contribution in [0.1, 0.15) is 47.2 Å². The highest BCUT2D eigenvalue weighted by molar-refractivity contribution is 8.20. The zero-order valence-corrected chi connectivity index (χ0v) is 30.4. The van der Waals surface area contributed by atoms with Crippen LogP contribution in [-0.4, -0.2) is 19.6 Å². The summed E-state index contributed by atoms with van der Waals surface area (Å²) in [6, 6.07) is 59.4. The highest BCUT2D eigenvalue weighted by Gasteiger charge is 2.67. The van der Waals surface area contributed by atoms with Gasteiger partial charge in [0.15, 0.2) is 0 Å². The number of nitrogens with zero attached hydrogens (tertiary/aromatic N) is 3. The molecule has 0 bridgehead atoms. The first kappa shape index (κ1) is 30.3. The van der Waals surface area contributed by atoms with Crippen LogP contribution in [0.4, 0.5) is 17.1 Å². The summed E-state index contributed by atoms with van der Waals surface area (Å²) in [6.07, 6.45) is 0. The Hall–Kier alpha value is -5.36. The van der Waals surface area contributed by atoms with E-state index in [1.54, 1.807) is 0 Å². The molecule has 11 rings (SSSR count). The number of hydrogen-bond donors (Lipinski definition) is 0. The van der Waals surface area contributed by atoms with Crippen molar-refractivity contribution in [3.05, 3.63) is 214 Å². The second kappa shape index (κ2) is 10.8. The number of thioether (sulfide) groups is 2. The Bertz CT molecular complexity index is 2560. The molecular weight excluding hydrogens is 671 g/mol. The summed E-state index contributed by atoms with van der Waals surface area (Å²) < 4.78 is -0.814. The summed E-state index contributed by atoms with van der Waals surface area (Å²) in [5.41, 5.74) is 15.1. The van der Waals surface area contributed by atoms with Gasteiger partial charge < -0.3 is 4.90 Å². The smallest absolute Gasteiger partial charge is 0.105 e. The number of rotatable bonds is 3. The van der Waals surface area contributed by atoms with Crippen molar-refractivity contribution in [2.75, 3.05) is 4.90 Å². The zero-order chi connectivity index (χ0) is 34.7. The maximum absolute atomic E-state index is 5.80. The summed E-state index contributed by atoms with van der Waals surface area (Å²) in [7, 11) is 0. The first-order chi connectivity index (χ1) is 25.5. The number of para-hydroxylation sites is 3. The molecule has 5 aliphatic rings. The summed E-state index contributed by atoms with van der Waals surface area (Å²) in [5, 5.41) is 2.13. The van der Waals surface area contributed by atoms with Gasteiger partial charge >= 0.3 is 0 Å². The maximum atomic E-state index is 5.80. The summed E-state index contributed by atoms with van der Waals surface area (Å²) in [5.74, 6) is 0. The highest BCUT2D eigenvalue weighted by Crippen LogP contribution is 2.73. The molecule has 0 aromatic heterocycles. The minimum Gasteiger partial charge on any atom is -0.310 e. The normalized spacial score (nSPS) is 23.0. The van der Waals surface area contributed by atoms with Crippen molar-refractivity contribution >= 4 is 56.2 Å². The summed E-state index contributed by atoms with van der Waals surface area (Å²) in [6.45, 7) is 4.85. The molecule has 2 aliphatic carbocycles. The molecule has 2 atom stereocenters. The van der Waals surface area contributed by atoms with E-state index in [0.717, 1.165) is 38.3 Å². The number of benzene rings is 6. The Balaban J connectivity index is 1.31. The molecule has 6 aromatic rings. The average Bonchev–Trinajstić information content (AvgIpc) is 3.85. The number of allylic oxidation sites excluding steroid dienone is 2. The largest absolute Gasteiger partial charge is 0.310 e. The van der Waals surface area contributed by atoms with Crippen molar-refractivity contribution in [1.82, 2.24) is 0 Å². The van der Waals surface area contributed by atoms with E-state index in [2.05, 4.69) is 183 Å². The molecule has 1 spiro atoms. The molecule has 0 radical (unpaired) electrons. The second-order valence-corrected chi connectivity index (χ2v) is 17.1. The van der Waals surface area contributed by atoms with Crippen LogP contribution in [0, 0.1) is 0 Å². The van der Waals surface area contributed by atoms with Gasteiger partial charge in [-0.05, 0) is 60.4 Å². The molecule has 248 valence electrons. The Morgan fingerprint density at radius 3 is 1.48 bits per heavy atom. The van der Waals surface area contributed by atoms with Crippen molar-refractivity contribution in [2.24, 2.45) is 9.98 Å². The molecule has 0 fully saturated rings. The Labute approximate surface area is 312 Å². The molecule has 3 heterocycles. The number of fused-ring (bicyclic) bond motifs is 12. The lowest BCUT2D eigenvalue weighted by Crippen LogP contribution is -2.49. The lowest BCUT2D eigenvalue weighted by atomic mass is 9.61. The van der Waals surface area contributed by atoms with Crippen molar-refractivity contribution < 1.29 is 0 Å². The highest BCUT2D eigenvalue weighted by atomic mass is 32.2. The van der Waals surface area contributed by atoms with Gasteiger partial charge in [0.1, 0.15) is 10.1 Å². The summed E-state index contributed by atoms with van der Waals surface area (Å²) in [4.78, 5) is 13.9. The van der Waals surface area contributed by atoms with Crippen molar-refractivity contribution in [3.8, 4) is 0 Å². The number of aliphatic imine (C=N–C) groups is 2. The fourth-order valence-electron chi connectivity index (χ4n) is 9.28. The fraction of sp³-hybridized carbons (Fsp3) is 0.106. The van der Waals surface area contributed by atoms with E-state index >= 15 is 0 Å². The van der Waals surface area contributed by atoms with Crippen molar-refractivity contribution in [2.45, 2.75) is 28.8 Å². The van der Waals surface area contributed by atoms with Gasteiger partial charge in [0.2, 0.25) is 0 Å². The zero-order valence-electron chi connectivity index (χ0n) is 28.7. The molecule has 3 nitrogen and oxygen atoms in total. The molecule has 0 saturated carbocycles. The monoisotopic (exact) mass is 703 g/mol. The van der Waals surface area contributed by atoms with E-state index in [1.807, 2.05) is 23.5 Å². The predicted octanol–water partition coefficient (Wildman–Crippen LogP) is 11.7. The topological polar surface area (TPSA) is 28.0 Å². The predicted molar refractivity (Wildman–Crippen MR) is 219 cm³/mol. The van der Waals surface area contributed by atoms with E-state index in [-0.39, 0.29) is 4.75 Å². The Morgan fingerprint density at radius 2 is 0.904 bits per heavy atom. The standard InChI is InChI=1S/C47H33N3S2/c1-45-41(48-43(51-45)30-18-6-3-7-19-30)39-33-24-12-13-25-34(33)47(40(39)42-46(45,2)52-44(49-42)31-20-8-4-9-21-31)35-26-14-16-28-37(35)50(32-22-10-5-11-23-32)38-29-17-15-27-36(38)47/h3-29H,1-2H3/t45-,46-/m0/s1.